The number of sulfonamides is 1. The van der Waals surface area contributed by atoms with Gasteiger partial charge in [0.25, 0.3) is 0 Å². The predicted octanol–water partition coefficient (Wildman–Crippen LogP) is 2.98. The Hall–Kier alpha value is -1.93. The van der Waals surface area contributed by atoms with E-state index >= 15 is 0 Å². The van der Waals surface area contributed by atoms with Crippen LogP contribution in [0.4, 0.5) is 5.69 Å². The normalized spacial score (nSPS) is 23.3. The summed E-state index contributed by atoms with van der Waals surface area (Å²) in [7, 11) is -3.54. The third kappa shape index (κ3) is 4.65. The minimum Gasteiger partial charge on any atom is -0.352 e. The molecule has 1 saturated heterocycles. The first-order chi connectivity index (χ1) is 14.9. The van der Waals surface area contributed by atoms with Crippen molar-refractivity contribution in [2.75, 3.05) is 18.0 Å². The van der Waals surface area contributed by atoms with E-state index in [4.69, 9.17) is 0 Å². The largest absolute Gasteiger partial charge is 0.352 e. The number of anilines is 1. The average Bonchev–Trinajstić information content (AvgIpc) is 3.37. The molecular weight excluding hydrogens is 414 g/mol. The van der Waals surface area contributed by atoms with Gasteiger partial charge in [0, 0.05) is 38.2 Å². The number of hydrogen-bond acceptors (Lipinski definition) is 4. The molecule has 1 aromatic carbocycles. The number of rotatable bonds is 4. The van der Waals surface area contributed by atoms with E-state index in [9.17, 15) is 18.0 Å². The highest BCUT2D eigenvalue weighted by molar-refractivity contribution is 7.89. The quantitative estimate of drug-likeness (QED) is 0.769. The number of nitrogens with one attached hydrogen (secondary N) is 1. The smallest absolute Gasteiger partial charge is 0.243 e. The molecule has 0 aromatic heterocycles. The first kappa shape index (κ1) is 22.3. The summed E-state index contributed by atoms with van der Waals surface area (Å²) >= 11 is 0. The molecule has 0 radical (unpaired) electrons. The summed E-state index contributed by atoms with van der Waals surface area (Å²) in [5, 5.41) is 3.18. The van der Waals surface area contributed by atoms with Crippen LogP contribution in [0.5, 0.6) is 0 Å². The van der Waals surface area contributed by atoms with Crippen LogP contribution in [0, 0.1) is 0 Å². The van der Waals surface area contributed by atoms with E-state index in [2.05, 4.69) is 5.32 Å². The Bertz CT molecular complexity index is 932. The van der Waals surface area contributed by atoms with E-state index in [1.54, 1.807) is 18.2 Å². The van der Waals surface area contributed by atoms with E-state index in [0.29, 0.717) is 25.2 Å². The third-order valence-corrected chi connectivity index (χ3v) is 8.73. The SMILES string of the molecule is CC(=O)N1c2ccc(S(=O)(=O)N3CCCC3)cc2CC1C(=O)NC1CCCCCCC1. The first-order valence-electron chi connectivity index (χ1n) is 11.6. The van der Waals surface area contributed by atoms with E-state index in [0.717, 1.165) is 44.1 Å². The summed E-state index contributed by atoms with van der Waals surface area (Å²) in [6, 6.07) is 4.43. The van der Waals surface area contributed by atoms with Crippen LogP contribution >= 0.6 is 0 Å². The van der Waals surface area contributed by atoms with Crippen molar-refractivity contribution in [3.05, 3.63) is 23.8 Å². The Kier molecular flexibility index (Phi) is 6.67. The van der Waals surface area contributed by atoms with Gasteiger partial charge in [-0.05, 0) is 49.4 Å². The molecular formula is C23H33N3O4S. The fourth-order valence-corrected chi connectivity index (χ4v) is 6.73. The molecule has 7 nitrogen and oxygen atoms in total. The van der Waals surface area contributed by atoms with Gasteiger partial charge in [0.2, 0.25) is 21.8 Å². The predicted molar refractivity (Wildman–Crippen MR) is 119 cm³/mol. The Balaban J connectivity index is 1.54. The number of amides is 2. The molecule has 1 aliphatic carbocycles. The molecule has 4 rings (SSSR count). The lowest BCUT2D eigenvalue weighted by Crippen LogP contribution is -2.50. The standard InChI is InChI=1S/C23H33N3O4S/c1-17(27)26-21-12-11-20(31(29,30)25-13-7-8-14-25)15-18(21)16-22(26)23(28)24-19-9-5-3-2-4-6-10-19/h11-12,15,19,22H,2-10,13-14,16H2,1H3,(H,24,28). The highest BCUT2D eigenvalue weighted by atomic mass is 32.2. The van der Waals surface area contributed by atoms with Gasteiger partial charge < -0.3 is 5.32 Å². The zero-order valence-electron chi connectivity index (χ0n) is 18.3. The van der Waals surface area contributed by atoms with Crippen LogP contribution in [0.1, 0.15) is 70.3 Å². The summed E-state index contributed by atoms with van der Waals surface area (Å²) in [6.45, 7) is 2.55. The molecule has 31 heavy (non-hydrogen) atoms. The summed E-state index contributed by atoms with van der Waals surface area (Å²) in [5.74, 6) is -0.340. The van der Waals surface area contributed by atoms with Crippen molar-refractivity contribution in [3.8, 4) is 0 Å². The third-order valence-electron chi connectivity index (χ3n) is 6.83. The molecule has 1 aromatic rings. The monoisotopic (exact) mass is 447 g/mol. The maximum atomic E-state index is 13.2. The molecule has 2 aliphatic heterocycles. The van der Waals surface area contributed by atoms with Gasteiger partial charge in [-0.25, -0.2) is 8.42 Å². The summed E-state index contributed by atoms with van der Waals surface area (Å²) in [6.07, 6.45) is 9.96. The van der Waals surface area contributed by atoms with Crippen molar-refractivity contribution in [2.45, 2.75) is 88.1 Å². The van der Waals surface area contributed by atoms with Gasteiger partial charge in [0.1, 0.15) is 6.04 Å². The second kappa shape index (κ2) is 9.28. The zero-order valence-corrected chi connectivity index (χ0v) is 19.1. The molecule has 1 unspecified atom stereocenters. The fraction of sp³-hybridized carbons (Fsp3) is 0.652. The van der Waals surface area contributed by atoms with Crippen LogP contribution in [-0.2, 0) is 26.0 Å². The van der Waals surface area contributed by atoms with Crippen molar-refractivity contribution in [2.24, 2.45) is 0 Å². The summed E-state index contributed by atoms with van der Waals surface area (Å²) in [5.41, 5.74) is 1.39. The maximum Gasteiger partial charge on any atom is 0.243 e. The lowest BCUT2D eigenvalue weighted by molar-refractivity contribution is -0.126. The van der Waals surface area contributed by atoms with E-state index in [1.807, 2.05) is 0 Å². The van der Waals surface area contributed by atoms with Gasteiger partial charge in [0.05, 0.1) is 4.90 Å². The lowest BCUT2D eigenvalue weighted by Gasteiger charge is -2.27. The molecule has 2 heterocycles. The second-order valence-corrected chi connectivity index (χ2v) is 11.0. The van der Waals surface area contributed by atoms with Crippen molar-refractivity contribution in [3.63, 3.8) is 0 Å². The number of fused-ring (bicyclic) bond motifs is 1. The van der Waals surface area contributed by atoms with Crippen molar-refractivity contribution < 1.29 is 18.0 Å². The van der Waals surface area contributed by atoms with Crippen LogP contribution < -0.4 is 10.2 Å². The molecule has 170 valence electrons. The molecule has 3 aliphatic rings. The van der Waals surface area contributed by atoms with Gasteiger partial charge in [-0.2, -0.15) is 4.31 Å². The van der Waals surface area contributed by atoms with E-state index in [1.165, 1.54) is 35.4 Å². The van der Waals surface area contributed by atoms with Gasteiger partial charge in [-0.3, -0.25) is 14.5 Å². The van der Waals surface area contributed by atoms with E-state index < -0.39 is 16.1 Å². The maximum absolute atomic E-state index is 13.2. The Morgan fingerprint density at radius 2 is 1.61 bits per heavy atom. The summed E-state index contributed by atoms with van der Waals surface area (Å²) < 4.78 is 27.4. The van der Waals surface area contributed by atoms with Crippen LogP contribution in [0.15, 0.2) is 23.1 Å². The highest BCUT2D eigenvalue weighted by Gasteiger charge is 2.39. The van der Waals surface area contributed by atoms with E-state index in [-0.39, 0.29) is 22.8 Å². The van der Waals surface area contributed by atoms with Crippen molar-refractivity contribution >= 4 is 27.5 Å². The van der Waals surface area contributed by atoms with Gasteiger partial charge in [-0.1, -0.05) is 32.1 Å². The number of carbonyl (C=O) groups excluding carboxylic acids is 2. The minimum atomic E-state index is -3.54. The number of hydrogen-bond donors (Lipinski definition) is 1. The lowest BCUT2D eigenvalue weighted by atomic mass is 9.96. The molecule has 1 saturated carbocycles. The molecule has 2 amide bonds. The minimum absolute atomic E-state index is 0.138. The Morgan fingerprint density at radius 3 is 2.26 bits per heavy atom. The van der Waals surface area contributed by atoms with Gasteiger partial charge in [-0.15, -0.1) is 0 Å². The van der Waals surface area contributed by atoms with Crippen LogP contribution in [-0.4, -0.2) is 49.7 Å². The average molecular weight is 448 g/mol. The van der Waals surface area contributed by atoms with Gasteiger partial charge in [0.15, 0.2) is 0 Å². The number of carbonyl (C=O) groups is 2. The molecule has 2 fully saturated rings. The molecule has 0 spiro atoms. The van der Waals surface area contributed by atoms with Gasteiger partial charge >= 0.3 is 0 Å². The van der Waals surface area contributed by atoms with Crippen LogP contribution in [0.3, 0.4) is 0 Å². The van der Waals surface area contributed by atoms with Crippen LogP contribution in [0.25, 0.3) is 0 Å². The molecule has 8 heteroatoms. The fourth-order valence-electron chi connectivity index (χ4n) is 5.16. The zero-order chi connectivity index (χ0) is 22.0. The Morgan fingerprint density at radius 1 is 0.968 bits per heavy atom. The topological polar surface area (TPSA) is 86.8 Å². The number of nitrogens with zero attached hydrogens (tertiary/aromatic N) is 2. The van der Waals surface area contributed by atoms with Crippen molar-refractivity contribution in [1.82, 2.24) is 9.62 Å². The Labute approximate surface area is 185 Å². The molecule has 0 bridgehead atoms. The highest BCUT2D eigenvalue weighted by Crippen LogP contribution is 2.35. The molecule has 1 atom stereocenters. The number of benzene rings is 1. The second-order valence-electron chi connectivity index (χ2n) is 9.06. The van der Waals surface area contributed by atoms with Crippen molar-refractivity contribution in [1.29, 1.82) is 0 Å². The first-order valence-corrected chi connectivity index (χ1v) is 13.0. The summed E-state index contributed by atoms with van der Waals surface area (Å²) in [4.78, 5) is 27.4. The molecule has 1 N–H and O–H groups in total. The van der Waals surface area contributed by atoms with Crippen LogP contribution in [0.2, 0.25) is 0 Å².